The van der Waals surface area contributed by atoms with E-state index in [9.17, 15) is 4.79 Å². The van der Waals surface area contributed by atoms with Crippen LogP contribution in [0.1, 0.15) is 37.6 Å². The van der Waals surface area contributed by atoms with Crippen LogP contribution < -0.4 is 10.6 Å². The Morgan fingerprint density at radius 1 is 1.57 bits per heavy atom. The molecule has 1 aliphatic carbocycles. The van der Waals surface area contributed by atoms with Gasteiger partial charge < -0.3 is 15.4 Å². The Labute approximate surface area is 130 Å². The fourth-order valence-electron chi connectivity index (χ4n) is 2.60. The highest BCUT2D eigenvalue weighted by Gasteiger charge is 2.49. The summed E-state index contributed by atoms with van der Waals surface area (Å²) < 4.78 is 5.67. The molecule has 1 fully saturated rings. The molecule has 116 valence electrons. The van der Waals surface area contributed by atoms with E-state index in [0.29, 0.717) is 23.0 Å². The van der Waals surface area contributed by atoms with Gasteiger partial charge in [0.2, 0.25) is 0 Å². The van der Waals surface area contributed by atoms with Gasteiger partial charge in [0.05, 0.1) is 16.7 Å². The van der Waals surface area contributed by atoms with Crippen LogP contribution in [0.5, 0.6) is 0 Å². The van der Waals surface area contributed by atoms with Gasteiger partial charge in [-0.05, 0) is 19.4 Å². The molecule has 1 aromatic rings. The van der Waals surface area contributed by atoms with E-state index in [-0.39, 0.29) is 23.5 Å². The average Bonchev–Trinajstić information content (AvgIpc) is 2.46. The van der Waals surface area contributed by atoms with E-state index in [4.69, 9.17) is 16.3 Å². The van der Waals surface area contributed by atoms with Crippen LogP contribution in [0.15, 0.2) is 12.3 Å². The van der Waals surface area contributed by atoms with Crippen molar-refractivity contribution >= 4 is 23.3 Å². The lowest BCUT2D eigenvalue weighted by Crippen LogP contribution is -2.62. The Morgan fingerprint density at radius 2 is 2.29 bits per heavy atom. The predicted octanol–water partition coefficient (Wildman–Crippen LogP) is 2.71. The molecule has 0 aromatic carbocycles. The zero-order valence-electron chi connectivity index (χ0n) is 12.9. The summed E-state index contributed by atoms with van der Waals surface area (Å²) in [6.45, 7) is 6.90. The number of halogens is 1. The third kappa shape index (κ3) is 3.14. The van der Waals surface area contributed by atoms with Crippen LogP contribution in [0.2, 0.25) is 5.02 Å². The maximum absolute atomic E-state index is 12.3. The van der Waals surface area contributed by atoms with Crippen molar-refractivity contribution in [2.45, 2.75) is 39.3 Å². The highest BCUT2D eigenvalue weighted by Crippen LogP contribution is 2.42. The maximum Gasteiger partial charge on any atom is 0.253 e. The molecule has 2 N–H and O–H groups in total. The summed E-state index contributed by atoms with van der Waals surface area (Å²) in [5.74, 6) is 0.411. The minimum atomic E-state index is -0.153. The van der Waals surface area contributed by atoms with Gasteiger partial charge >= 0.3 is 0 Å². The number of carbonyl (C=O) groups excluding carboxylic acids is 1. The number of hydrogen-bond donors (Lipinski definition) is 2. The van der Waals surface area contributed by atoms with Crippen LogP contribution >= 0.6 is 11.6 Å². The molecule has 1 aliphatic rings. The zero-order valence-corrected chi connectivity index (χ0v) is 13.6. The van der Waals surface area contributed by atoms with Crippen molar-refractivity contribution in [1.29, 1.82) is 0 Å². The summed E-state index contributed by atoms with van der Waals surface area (Å²) in [6, 6.07) is 1.73. The normalized spacial score (nSPS) is 23.3. The van der Waals surface area contributed by atoms with Gasteiger partial charge in [0.15, 0.2) is 0 Å². The lowest BCUT2D eigenvalue weighted by molar-refractivity contribution is -0.111. The number of carbonyl (C=O) groups is 1. The molecule has 21 heavy (non-hydrogen) atoms. The fraction of sp³-hybridized carbons (Fsp3) is 0.600. The second kappa shape index (κ2) is 6.20. The van der Waals surface area contributed by atoms with Gasteiger partial charge in [0.1, 0.15) is 5.82 Å². The number of nitrogens with one attached hydrogen (secondary N) is 2. The monoisotopic (exact) mass is 311 g/mol. The Bertz CT molecular complexity index is 534. The SMILES string of the molecule is CCOC1CC(NC(=O)c2cnc(NC)c(Cl)c2)C1(C)C. The summed E-state index contributed by atoms with van der Waals surface area (Å²) >= 11 is 6.05. The third-order valence-corrected chi connectivity index (χ3v) is 4.48. The Kier molecular flexibility index (Phi) is 4.74. The third-order valence-electron chi connectivity index (χ3n) is 4.19. The summed E-state index contributed by atoms with van der Waals surface area (Å²) in [7, 11) is 1.73. The first kappa shape index (κ1) is 16.0. The molecular formula is C15H22ClN3O2. The van der Waals surface area contributed by atoms with E-state index < -0.39 is 0 Å². The number of amides is 1. The molecule has 2 unspecified atom stereocenters. The number of pyridine rings is 1. The second-order valence-electron chi connectivity index (χ2n) is 5.83. The van der Waals surface area contributed by atoms with Crippen molar-refractivity contribution < 1.29 is 9.53 Å². The molecule has 1 heterocycles. The first-order valence-corrected chi connectivity index (χ1v) is 7.53. The minimum absolute atomic E-state index is 0.0617. The topological polar surface area (TPSA) is 63.2 Å². The number of ether oxygens (including phenoxy) is 1. The molecule has 0 saturated heterocycles. The van der Waals surface area contributed by atoms with E-state index in [1.54, 1.807) is 13.1 Å². The summed E-state index contributed by atoms with van der Waals surface area (Å²) in [6.07, 6.45) is 2.56. The number of anilines is 1. The van der Waals surface area contributed by atoms with E-state index in [1.807, 2.05) is 6.92 Å². The average molecular weight is 312 g/mol. The van der Waals surface area contributed by atoms with Crippen LogP contribution in [-0.2, 0) is 4.74 Å². The minimum Gasteiger partial charge on any atom is -0.378 e. The Morgan fingerprint density at radius 3 is 2.81 bits per heavy atom. The highest BCUT2D eigenvalue weighted by molar-refractivity contribution is 6.33. The molecule has 1 amide bonds. The number of rotatable bonds is 5. The molecule has 1 saturated carbocycles. The van der Waals surface area contributed by atoms with Gasteiger partial charge in [-0.3, -0.25) is 4.79 Å². The molecular weight excluding hydrogens is 290 g/mol. The van der Waals surface area contributed by atoms with Crippen LogP contribution in [0, 0.1) is 5.41 Å². The van der Waals surface area contributed by atoms with Gasteiger partial charge in [-0.1, -0.05) is 25.4 Å². The van der Waals surface area contributed by atoms with Gasteiger partial charge in [0.25, 0.3) is 5.91 Å². The second-order valence-corrected chi connectivity index (χ2v) is 6.24. The summed E-state index contributed by atoms with van der Waals surface area (Å²) in [5.41, 5.74) is 0.406. The largest absolute Gasteiger partial charge is 0.378 e. The smallest absolute Gasteiger partial charge is 0.253 e. The molecule has 2 rings (SSSR count). The lowest BCUT2D eigenvalue weighted by Gasteiger charge is -2.51. The van der Waals surface area contributed by atoms with E-state index in [2.05, 4.69) is 29.5 Å². The summed E-state index contributed by atoms with van der Waals surface area (Å²) in [5, 5.41) is 6.34. The van der Waals surface area contributed by atoms with Crippen LogP contribution in [-0.4, -0.2) is 36.7 Å². The molecule has 1 aromatic heterocycles. The number of hydrogen-bond acceptors (Lipinski definition) is 4. The van der Waals surface area contributed by atoms with Gasteiger partial charge in [-0.15, -0.1) is 0 Å². The molecule has 5 nitrogen and oxygen atoms in total. The van der Waals surface area contributed by atoms with Crippen molar-refractivity contribution in [2.75, 3.05) is 19.0 Å². The molecule has 6 heteroatoms. The standard InChI is InChI=1S/C15H22ClN3O2/c1-5-21-12-7-11(15(12,2)3)19-14(20)9-6-10(16)13(17-4)18-8-9/h6,8,11-12H,5,7H2,1-4H3,(H,17,18)(H,19,20). The number of nitrogens with zero attached hydrogens (tertiary/aromatic N) is 1. The first-order chi connectivity index (χ1) is 9.90. The van der Waals surface area contributed by atoms with Gasteiger partial charge in [-0.25, -0.2) is 4.98 Å². The van der Waals surface area contributed by atoms with Crippen molar-refractivity contribution in [2.24, 2.45) is 5.41 Å². The maximum atomic E-state index is 12.3. The Hall–Kier alpha value is -1.33. The van der Waals surface area contributed by atoms with Crippen molar-refractivity contribution in [1.82, 2.24) is 10.3 Å². The molecule has 0 bridgehead atoms. The molecule has 0 aliphatic heterocycles. The zero-order chi connectivity index (χ0) is 15.6. The van der Waals surface area contributed by atoms with Crippen LogP contribution in [0.3, 0.4) is 0 Å². The molecule has 2 atom stereocenters. The quantitative estimate of drug-likeness (QED) is 0.877. The number of aromatic nitrogens is 1. The van der Waals surface area contributed by atoms with E-state index in [0.717, 1.165) is 6.42 Å². The first-order valence-electron chi connectivity index (χ1n) is 7.15. The van der Waals surface area contributed by atoms with Crippen molar-refractivity contribution in [3.63, 3.8) is 0 Å². The van der Waals surface area contributed by atoms with Crippen molar-refractivity contribution in [3.8, 4) is 0 Å². The fourth-order valence-corrected chi connectivity index (χ4v) is 2.86. The molecule has 0 radical (unpaired) electrons. The van der Waals surface area contributed by atoms with Gasteiger partial charge in [0, 0.05) is 31.3 Å². The van der Waals surface area contributed by atoms with E-state index in [1.165, 1.54) is 6.20 Å². The van der Waals surface area contributed by atoms with E-state index >= 15 is 0 Å². The Balaban J connectivity index is 2.01. The lowest BCUT2D eigenvalue weighted by atomic mass is 9.64. The van der Waals surface area contributed by atoms with Gasteiger partial charge in [-0.2, -0.15) is 0 Å². The predicted molar refractivity (Wildman–Crippen MR) is 83.9 cm³/mol. The molecule has 0 spiro atoms. The van der Waals surface area contributed by atoms with Crippen LogP contribution in [0.4, 0.5) is 5.82 Å². The van der Waals surface area contributed by atoms with Crippen LogP contribution in [0.25, 0.3) is 0 Å². The highest BCUT2D eigenvalue weighted by atomic mass is 35.5. The summed E-state index contributed by atoms with van der Waals surface area (Å²) in [4.78, 5) is 16.4. The van der Waals surface area contributed by atoms with Crippen molar-refractivity contribution in [3.05, 3.63) is 22.8 Å².